The zero-order valence-electron chi connectivity index (χ0n) is 6.76. The van der Waals surface area contributed by atoms with Crippen LogP contribution in [0.25, 0.3) is 0 Å². The first kappa shape index (κ1) is 7.74. The summed E-state index contributed by atoms with van der Waals surface area (Å²) in [6.07, 6.45) is 1.85. The molecule has 12 heavy (non-hydrogen) atoms. The van der Waals surface area contributed by atoms with Crippen molar-refractivity contribution in [3.8, 4) is 0 Å². The molecule has 2 rings (SSSR count). The van der Waals surface area contributed by atoms with Gasteiger partial charge in [0.15, 0.2) is 0 Å². The Morgan fingerprint density at radius 2 is 2.33 bits per heavy atom. The van der Waals surface area contributed by atoms with Gasteiger partial charge in [-0.1, -0.05) is 6.07 Å². The summed E-state index contributed by atoms with van der Waals surface area (Å²) in [6.45, 7) is 0.179. The minimum atomic E-state index is -0.174. The van der Waals surface area contributed by atoms with Crippen molar-refractivity contribution in [2.24, 2.45) is 0 Å². The molecule has 0 bridgehead atoms. The summed E-state index contributed by atoms with van der Waals surface area (Å²) in [6, 6.07) is 4.83. The van der Waals surface area contributed by atoms with Crippen molar-refractivity contribution < 1.29 is 9.50 Å². The Morgan fingerprint density at radius 1 is 1.50 bits per heavy atom. The monoisotopic (exact) mass is 166 g/mol. The largest absolute Gasteiger partial charge is 0.396 e. The molecule has 0 saturated carbocycles. The molecule has 0 aromatic heterocycles. The second-order valence-electron chi connectivity index (χ2n) is 3.26. The molecule has 0 aliphatic heterocycles. The molecule has 1 nitrogen and oxygen atoms in total. The van der Waals surface area contributed by atoms with Crippen molar-refractivity contribution in [1.29, 1.82) is 0 Å². The molecule has 0 fully saturated rings. The lowest BCUT2D eigenvalue weighted by Gasteiger charge is -2.06. The summed E-state index contributed by atoms with van der Waals surface area (Å²) < 4.78 is 12.7. The van der Waals surface area contributed by atoms with Crippen LogP contribution in [0, 0.1) is 5.82 Å². The average Bonchev–Trinajstić information content (AvgIpc) is 2.46. The van der Waals surface area contributed by atoms with Gasteiger partial charge in [0.25, 0.3) is 0 Å². The summed E-state index contributed by atoms with van der Waals surface area (Å²) in [5, 5.41) is 8.99. The lowest BCUT2D eigenvalue weighted by atomic mass is 10.0. The first-order chi connectivity index (χ1) is 5.81. The zero-order valence-corrected chi connectivity index (χ0v) is 6.76. The fourth-order valence-corrected chi connectivity index (χ4v) is 1.86. The van der Waals surface area contributed by atoms with E-state index in [0.29, 0.717) is 0 Å². The zero-order chi connectivity index (χ0) is 8.55. The number of hydrogen-bond acceptors (Lipinski definition) is 1. The van der Waals surface area contributed by atoms with Gasteiger partial charge < -0.3 is 5.11 Å². The quantitative estimate of drug-likeness (QED) is 0.675. The summed E-state index contributed by atoms with van der Waals surface area (Å²) >= 11 is 0. The summed E-state index contributed by atoms with van der Waals surface area (Å²) in [4.78, 5) is 0. The summed E-state index contributed by atoms with van der Waals surface area (Å²) in [7, 11) is 0. The van der Waals surface area contributed by atoms with Crippen molar-refractivity contribution in [1.82, 2.24) is 0 Å². The Kier molecular flexibility index (Phi) is 1.85. The van der Waals surface area contributed by atoms with Gasteiger partial charge in [-0.25, -0.2) is 4.39 Å². The molecule has 64 valence electrons. The first-order valence-electron chi connectivity index (χ1n) is 4.20. The molecular weight excluding hydrogens is 155 g/mol. The third-order valence-electron chi connectivity index (χ3n) is 2.53. The molecule has 1 unspecified atom stereocenters. The topological polar surface area (TPSA) is 20.2 Å². The summed E-state index contributed by atoms with van der Waals surface area (Å²) in [5.41, 5.74) is 2.19. The number of hydrogen-bond donors (Lipinski definition) is 1. The Hall–Kier alpha value is -0.890. The molecule has 1 atom stereocenters. The van der Waals surface area contributed by atoms with Crippen LogP contribution in [0.1, 0.15) is 23.5 Å². The minimum Gasteiger partial charge on any atom is -0.396 e. The van der Waals surface area contributed by atoms with E-state index in [1.54, 1.807) is 12.1 Å². The van der Waals surface area contributed by atoms with E-state index in [1.807, 2.05) is 0 Å². The molecule has 1 N–H and O–H groups in total. The second kappa shape index (κ2) is 2.87. The number of aliphatic hydroxyl groups excluding tert-OH is 1. The maximum absolute atomic E-state index is 12.7. The van der Waals surface area contributed by atoms with Gasteiger partial charge in [-0.2, -0.15) is 0 Å². The Labute approximate surface area is 70.8 Å². The SMILES string of the molecule is OCC1CCc2cc(F)ccc21. The molecule has 0 amide bonds. The van der Waals surface area contributed by atoms with E-state index in [2.05, 4.69) is 0 Å². The normalized spacial score (nSPS) is 21.0. The molecule has 2 heteroatoms. The van der Waals surface area contributed by atoms with Gasteiger partial charge in [0.2, 0.25) is 0 Å². The fraction of sp³-hybridized carbons (Fsp3) is 0.400. The number of fused-ring (bicyclic) bond motifs is 1. The van der Waals surface area contributed by atoms with Gasteiger partial charge in [0.1, 0.15) is 5.82 Å². The van der Waals surface area contributed by atoms with E-state index in [1.165, 1.54) is 6.07 Å². The van der Waals surface area contributed by atoms with E-state index in [4.69, 9.17) is 5.11 Å². The Morgan fingerprint density at radius 3 is 3.08 bits per heavy atom. The van der Waals surface area contributed by atoms with Crippen LogP contribution in [0.4, 0.5) is 4.39 Å². The number of benzene rings is 1. The van der Waals surface area contributed by atoms with Gasteiger partial charge in [0, 0.05) is 12.5 Å². The van der Waals surface area contributed by atoms with Crippen molar-refractivity contribution in [2.45, 2.75) is 18.8 Å². The van der Waals surface area contributed by atoms with Crippen LogP contribution >= 0.6 is 0 Å². The van der Waals surface area contributed by atoms with E-state index in [0.717, 1.165) is 24.0 Å². The van der Waals surface area contributed by atoms with Crippen LogP contribution in [-0.4, -0.2) is 11.7 Å². The predicted octanol–water partition coefficient (Wildman–Crippen LogP) is 1.85. The lowest BCUT2D eigenvalue weighted by molar-refractivity contribution is 0.265. The van der Waals surface area contributed by atoms with Crippen molar-refractivity contribution >= 4 is 0 Å². The predicted molar refractivity (Wildman–Crippen MR) is 44.5 cm³/mol. The third kappa shape index (κ3) is 1.12. The van der Waals surface area contributed by atoms with E-state index in [-0.39, 0.29) is 18.3 Å². The standard InChI is InChI=1S/C10H11FO/c11-9-3-4-10-7(5-9)1-2-8(10)6-12/h3-5,8,12H,1-2,6H2. The van der Waals surface area contributed by atoms with Crippen molar-refractivity contribution in [3.05, 3.63) is 35.1 Å². The third-order valence-corrected chi connectivity index (χ3v) is 2.53. The van der Waals surface area contributed by atoms with E-state index >= 15 is 0 Å². The van der Waals surface area contributed by atoms with Crippen molar-refractivity contribution in [3.63, 3.8) is 0 Å². The maximum Gasteiger partial charge on any atom is 0.123 e. The number of aliphatic hydroxyl groups is 1. The number of halogens is 1. The van der Waals surface area contributed by atoms with Crippen LogP contribution in [0.15, 0.2) is 18.2 Å². The molecule has 0 heterocycles. The Balaban J connectivity index is 2.40. The van der Waals surface area contributed by atoms with Gasteiger partial charge in [-0.15, -0.1) is 0 Å². The van der Waals surface area contributed by atoms with Gasteiger partial charge >= 0.3 is 0 Å². The molecule has 0 saturated heterocycles. The Bertz CT molecular complexity index is 296. The highest BCUT2D eigenvalue weighted by molar-refractivity contribution is 5.35. The van der Waals surface area contributed by atoms with Gasteiger partial charge in [-0.3, -0.25) is 0 Å². The maximum atomic E-state index is 12.7. The highest BCUT2D eigenvalue weighted by Crippen LogP contribution is 2.32. The lowest BCUT2D eigenvalue weighted by Crippen LogP contribution is -1.98. The smallest absolute Gasteiger partial charge is 0.123 e. The highest BCUT2D eigenvalue weighted by Gasteiger charge is 2.21. The number of rotatable bonds is 1. The molecular formula is C10H11FO. The van der Waals surface area contributed by atoms with Gasteiger partial charge in [0.05, 0.1) is 0 Å². The van der Waals surface area contributed by atoms with E-state index in [9.17, 15) is 4.39 Å². The van der Waals surface area contributed by atoms with E-state index < -0.39 is 0 Å². The van der Waals surface area contributed by atoms with Crippen LogP contribution in [0.3, 0.4) is 0 Å². The van der Waals surface area contributed by atoms with Crippen LogP contribution in [-0.2, 0) is 6.42 Å². The average molecular weight is 166 g/mol. The van der Waals surface area contributed by atoms with Crippen LogP contribution < -0.4 is 0 Å². The molecule has 1 aliphatic rings. The summed E-state index contributed by atoms with van der Waals surface area (Å²) in [5.74, 6) is 0.0629. The fourth-order valence-electron chi connectivity index (χ4n) is 1.86. The first-order valence-corrected chi connectivity index (χ1v) is 4.20. The number of aryl methyl sites for hydroxylation is 1. The van der Waals surface area contributed by atoms with Crippen LogP contribution in [0.5, 0.6) is 0 Å². The molecule has 1 aliphatic carbocycles. The minimum absolute atomic E-state index is 0.174. The second-order valence-corrected chi connectivity index (χ2v) is 3.26. The highest BCUT2D eigenvalue weighted by atomic mass is 19.1. The molecule has 1 aromatic carbocycles. The molecule has 0 spiro atoms. The molecule has 0 radical (unpaired) electrons. The van der Waals surface area contributed by atoms with Crippen LogP contribution in [0.2, 0.25) is 0 Å². The van der Waals surface area contributed by atoms with Gasteiger partial charge in [-0.05, 0) is 36.1 Å². The van der Waals surface area contributed by atoms with Crippen molar-refractivity contribution in [2.75, 3.05) is 6.61 Å². The molecule has 1 aromatic rings.